The molecule has 0 atom stereocenters. The molecule has 0 radical (unpaired) electrons. The van der Waals surface area contributed by atoms with Gasteiger partial charge in [0.05, 0.1) is 5.69 Å². The summed E-state index contributed by atoms with van der Waals surface area (Å²) in [4.78, 5) is 4.34. The lowest BCUT2D eigenvalue weighted by Crippen LogP contribution is -1.96. The molecule has 0 aliphatic carbocycles. The molecule has 1 aromatic carbocycles. The Labute approximate surface area is 99.5 Å². The SMILES string of the molecule is OCCc1cccnc1-c1cccc(Cl)c1. The van der Waals surface area contributed by atoms with Crippen LogP contribution in [0.5, 0.6) is 0 Å². The van der Waals surface area contributed by atoms with Gasteiger partial charge in [0.2, 0.25) is 0 Å². The van der Waals surface area contributed by atoms with Crippen LogP contribution in [0.15, 0.2) is 42.6 Å². The first-order valence-corrected chi connectivity index (χ1v) is 5.50. The highest BCUT2D eigenvalue weighted by Crippen LogP contribution is 2.24. The number of aliphatic hydroxyl groups excluding tert-OH is 1. The van der Waals surface area contributed by atoms with E-state index >= 15 is 0 Å². The van der Waals surface area contributed by atoms with Gasteiger partial charge < -0.3 is 5.11 Å². The summed E-state index contributed by atoms with van der Waals surface area (Å²) in [7, 11) is 0. The molecule has 2 nitrogen and oxygen atoms in total. The first kappa shape index (κ1) is 11.1. The smallest absolute Gasteiger partial charge is 0.0735 e. The van der Waals surface area contributed by atoms with Crippen molar-refractivity contribution >= 4 is 11.6 Å². The van der Waals surface area contributed by atoms with Crippen molar-refractivity contribution in [3.63, 3.8) is 0 Å². The largest absolute Gasteiger partial charge is 0.396 e. The van der Waals surface area contributed by atoms with Crippen LogP contribution in [0.3, 0.4) is 0 Å². The third-order valence-electron chi connectivity index (χ3n) is 2.37. The summed E-state index contributed by atoms with van der Waals surface area (Å²) in [5.74, 6) is 0. The van der Waals surface area contributed by atoms with E-state index in [1.165, 1.54) is 0 Å². The molecule has 1 aromatic heterocycles. The number of hydrogen-bond acceptors (Lipinski definition) is 2. The van der Waals surface area contributed by atoms with Crippen LogP contribution in [0.2, 0.25) is 5.02 Å². The van der Waals surface area contributed by atoms with Crippen molar-refractivity contribution in [2.24, 2.45) is 0 Å². The monoisotopic (exact) mass is 233 g/mol. The van der Waals surface area contributed by atoms with E-state index in [0.29, 0.717) is 11.4 Å². The molecule has 0 fully saturated rings. The maximum atomic E-state index is 8.99. The van der Waals surface area contributed by atoms with Crippen molar-refractivity contribution < 1.29 is 5.11 Å². The first-order valence-electron chi connectivity index (χ1n) is 5.12. The average molecular weight is 234 g/mol. The predicted molar refractivity (Wildman–Crippen MR) is 65.5 cm³/mol. The maximum absolute atomic E-state index is 8.99. The predicted octanol–water partition coefficient (Wildman–Crippen LogP) is 2.94. The minimum atomic E-state index is 0.124. The summed E-state index contributed by atoms with van der Waals surface area (Å²) < 4.78 is 0. The van der Waals surface area contributed by atoms with Gasteiger partial charge in [0, 0.05) is 23.4 Å². The normalized spacial score (nSPS) is 10.4. The molecule has 82 valence electrons. The molecule has 0 aliphatic rings. The van der Waals surface area contributed by atoms with Crippen molar-refractivity contribution in [3.05, 3.63) is 53.2 Å². The van der Waals surface area contributed by atoms with E-state index in [0.717, 1.165) is 16.8 Å². The molecule has 1 heterocycles. The van der Waals surface area contributed by atoms with E-state index in [1.54, 1.807) is 6.20 Å². The first-order chi connectivity index (χ1) is 7.81. The summed E-state index contributed by atoms with van der Waals surface area (Å²) in [6.07, 6.45) is 2.35. The van der Waals surface area contributed by atoms with E-state index in [1.807, 2.05) is 36.4 Å². The van der Waals surface area contributed by atoms with Crippen molar-refractivity contribution in [2.75, 3.05) is 6.61 Å². The fraction of sp³-hybridized carbons (Fsp3) is 0.154. The summed E-state index contributed by atoms with van der Waals surface area (Å²) in [6, 6.07) is 11.4. The third kappa shape index (κ3) is 2.40. The molecule has 0 bridgehead atoms. The quantitative estimate of drug-likeness (QED) is 0.884. The van der Waals surface area contributed by atoms with Gasteiger partial charge in [-0.25, -0.2) is 0 Å². The van der Waals surface area contributed by atoms with E-state index in [2.05, 4.69) is 4.98 Å². The summed E-state index contributed by atoms with van der Waals surface area (Å²) in [5.41, 5.74) is 2.91. The Morgan fingerprint density at radius 2 is 2.06 bits per heavy atom. The molecule has 16 heavy (non-hydrogen) atoms. The number of aliphatic hydroxyl groups is 1. The Kier molecular flexibility index (Phi) is 3.54. The van der Waals surface area contributed by atoms with E-state index in [-0.39, 0.29) is 6.61 Å². The third-order valence-corrected chi connectivity index (χ3v) is 2.61. The van der Waals surface area contributed by atoms with Gasteiger partial charge in [-0.2, -0.15) is 0 Å². The van der Waals surface area contributed by atoms with Gasteiger partial charge in [0.25, 0.3) is 0 Å². The van der Waals surface area contributed by atoms with E-state index in [4.69, 9.17) is 16.7 Å². The second-order valence-corrected chi connectivity index (χ2v) is 3.93. The Morgan fingerprint density at radius 3 is 2.81 bits per heavy atom. The molecule has 2 aromatic rings. The number of rotatable bonds is 3. The second-order valence-electron chi connectivity index (χ2n) is 3.50. The minimum Gasteiger partial charge on any atom is -0.396 e. The van der Waals surface area contributed by atoms with Crippen LogP contribution in [-0.4, -0.2) is 16.7 Å². The molecule has 0 saturated heterocycles. The van der Waals surface area contributed by atoms with Crippen molar-refractivity contribution in [3.8, 4) is 11.3 Å². The van der Waals surface area contributed by atoms with Crippen LogP contribution in [-0.2, 0) is 6.42 Å². The number of benzene rings is 1. The summed E-state index contributed by atoms with van der Waals surface area (Å²) >= 11 is 5.95. The second kappa shape index (κ2) is 5.10. The van der Waals surface area contributed by atoms with Gasteiger partial charge in [0.1, 0.15) is 0 Å². The van der Waals surface area contributed by atoms with Gasteiger partial charge >= 0.3 is 0 Å². The van der Waals surface area contributed by atoms with Crippen LogP contribution < -0.4 is 0 Å². The van der Waals surface area contributed by atoms with Crippen LogP contribution >= 0.6 is 11.6 Å². The molecular weight excluding hydrogens is 222 g/mol. The lowest BCUT2D eigenvalue weighted by Gasteiger charge is -2.07. The van der Waals surface area contributed by atoms with Gasteiger partial charge in [-0.1, -0.05) is 29.8 Å². The molecule has 2 rings (SSSR count). The lowest BCUT2D eigenvalue weighted by atomic mass is 10.0. The van der Waals surface area contributed by atoms with Gasteiger partial charge in [-0.15, -0.1) is 0 Å². The van der Waals surface area contributed by atoms with E-state index in [9.17, 15) is 0 Å². The van der Waals surface area contributed by atoms with Crippen molar-refractivity contribution in [1.82, 2.24) is 4.98 Å². The number of pyridine rings is 1. The molecule has 0 spiro atoms. The fourth-order valence-corrected chi connectivity index (χ4v) is 1.85. The number of halogens is 1. The number of nitrogens with zero attached hydrogens (tertiary/aromatic N) is 1. The lowest BCUT2D eigenvalue weighted by molar-refractivity contribution is 0.299. The number of hydrogen-bond donors (Lipinski definition) is 1. The van der Waals surface area contributed by atoms with Crippen molar-refractivity contribution in [2.45, 2.75) is 6.42 Å². The Hall–Kier alpha value is -1.38. The topological polar surface area (TPSA) is 33.1 Å². The molecule has 0 saturated carbocycles. The Morgan fingerprint density at radius 1 is 1.19 bits per heavy atom. The highest BCUT2D eigenvalue weighted by atomic mass is 35.5. The summed E-state index contributed by atoms with van der Waals surface area (Å²) in [6.45, 7) is 0.124. The maximum Gasteiger partial charge on any atom is 0.0735 e. The Balaban J connectivity index is 2.46. The van der Waals surface area contributed by atoms with Crippen LogP contribution in [0.25, 0.3) is 11.3 Å². The van der Waals surface area contributed by atoms with Crippen LogP contribution in [0, 0.1) is 0 Å². The van der Waals surface area contributed by atoms with Gasteiger partial charge in [0.15, 0.2) is 0 Å². The molecule has 0 amide bonds. The Bertz CT molecular complexity index is 485. The standard InChI is InChI=1S/C13H12ClNO/c14-12-5-1-3-11(9-12)13-10(6-8-16)4-2-7-15-13/h1-5,7,9,16H,6,8H2. The number of aromatic nitrogens is 1. The molecule has 0 aliphatic heterocycles. The van der Waals surface area contributed by atoms with Gasteiger partial charge in [-0.3, -0.25) is 4.98 Å². The molecule has 0 unspecified atom stereocenters. The highest BCUT2D eigenvalue weighted by Gasteiger charge is 2.05. The van der Waals surface area contributed by atoms with Crippen molar-refractivity contribution in [1.29, 1.82) is 0 Å². The molecule has 1 N–H and O–H groups in total. The minimum absolute atomic E-state index is 0.124. The van der Waals surface area contributed by atoms with E-state index < -0.39 is 0 Å². The zero-order valence-corrected chi connectivity index (χ0v) is 9.48. The highest BCUT2D eigenvalue weighted by molar-refractivity contribution is 6.30. The van der Waals surface area contributed by atoms with Gasteiger partial charge in [-0.05, 0) is 30.2 Å². The zero-order chi connectivity index (χ0) is 11.4. The van der Waals surface area contributed by atoms with Crippen LogP contribution in [0.4, 0.5) is 0 Å². The summed E-state index contributed by atoms with van der Waals surface area (Å²) in [5, 5.41) is 9.68. The molecular formula is C13H12ClNO. The fourth-order valence-electron chi connectivity index (χ4n) is 1.66. The average Bonchev–Trinajstić information content (AvgIpc) is 2.30. The van der Waals surface area contributed by atoms with Crippen LogP contribution in [0.1, 0.15) is 5.56 Å². The molecule has 3 heteroatoms. The zero-order valence-electron chi connectivity index (χ0n) is 8.73.